The van der Waals surface area contributed by atoms with Crippen molar-refractivity contribution < 1.29 is 23.1 Å². The van der Waals surface area contributed by atoms with Gasteiger partial charge in [0.2, 0.25) is 5.82 Å². The lowest BCUT2D eigenvalue weighted by Crippen LogP contribution is -2.37. The Hall–Kier alpha value is -3.68. The second-order valence-electron chi connectivity index (χ2n) is 7.52. The molecule has 0 saturated carbocycles. The zero-order valence-electron chi connectivity index (χ0n) is 18.0. The maximum atomic E-state index is 13.0. The van der Waals surface area contributed by atoms with E-state index in [2.05, 4.69) is 15.2 Å². The van der Waals surface area contributed by atoms with E-state index in [1.54, 1.807) is 24.3 Å². The van der Waals surface area contributed by atoms with Crippen LogP contribution in [0.2, 0.25) is 10.0 Å². The van der Waals surface area contributed by atoms with Crippen LogP contribution in [-0.4, -0.2) is 52.4 Å². The number of halogens is 5. The van der Waals surface area contributed by atoms with Crippen LogP contribution >= 0.6 is 23.2 Å². The zero-order valence-corrected chi connectivity index (χ0v) is 19.5. The SMILES string of the molecule is NC(=O)c1nc(Cn2nc(-c3ccc(Cl)cc3)n(CC(O)C(F)(F)F)c2=O)nn1-c1ccccc1Cl. The fraction of sp³-hybridized carbons (Fsp3) is 0.190. The van der Waals surface area contributed by atoms with Crippen molar-refractivity contribution in [1.29, 1.82) is 0 Å². The van der Waals surface area contributed by atoms with Crippen LogP contribution in [0.25, 0.3) is 17.1 Å². The number of carbonyl (C=O) groups is 1. The number of primary amides is 1. The molecule has 0 aliphatic rings. The maximum absolute atomic E-state index is 13.0. The third-order valence-corrected chi connectivity index (χ3v) is 5.57. The molecule has 4 aromatic rings. The molecule has 2 heterocycles. The van der Waals surface area contributed by atoms with E-state index >= 15 is 0 Å². The summed E-state index contributed by atoms with van der Waals surface area (Å²) in [7, 11) is 0. The van der Waals surface area contributed by atoms with Gasteiger partial charge in [0.05, 0.1) is 17.3 Å². The van der Waals surface area contributed by atoms with Crippen LogP contribution in [0.15, 0.2) is 53.3 Å². The molecule has 3 N–H and O–H groups in total. The molecule has 1 unspecified atom stereocenters. The monoisotopic (exact) mass is 541 g/mol. The molecule has 15 heteroatoms. The summed E-state index contributed by atoms with van der Waals surface area (Å²) in [6.07, 6.45) is -7.79. The van der Waals surface area contributed by atoms with Gasteiger partial charge in [-0.15, -0.1) is 10.2 Å². The molecule has 0 saturated heterocycles. The highest BCUT2D eigenvalue weighted by Crippen LogP contribution is 2.24. The van der Waals surface area contributed by atoms with Crippen LogP contribution in [0.1, 0.15) is 16.4 Å². The molecule has 1 atom stereocenters. The normalized spacial score (nSPS) is 12.6. The van der Waals surface area contributed by atoms with E-state index in [0.717, 1.165) is 9.36 Å². The summed E-state index contributed by atoms with van der Waals surface area (Å²) in [5.41, 5.74) is 5.00. The van der Waals surface area contributed by atoms with Crippen LogP contribution in [-0.2, 0) is 13.1 Å². The standard InChI is InChI=1S/C21H16Cl2F3N7O3/c22-12-7-5-11(6-8-12)18-30-32(20(36)31(18)9-15(34)21(24,25)26)10-16-28-19(17(27)35)33(29-16)14-4-2-1-3-13(14)23/h1-8,15,34H,9-10H2,(H2,27,35). The van der Waals surface area contributed by atoms with Gasteiger partial charge in [0.15, 0.2) is 17.8 Å². The van der Waals surface area contributed by atoms with Gasteiger partial charge >= 0.3 is 11.9 Å². The van der Waals surface area contributed by atoms with Crippen LogP contribution in [0.5, 0.6) is 0 Å². The topological polar surface area (TPSA) is 134 Å². The molecule has 0 fully saturated rings. The van der Waals surface area contributed by atoms with Gasteiger partial charge in [0.1, 0.15) is 6.54 Å². The van der Waals surface area contributed by atoms with Crippen LogP contribution in [0.4, 0.5) is 13.2 Å². The number of hydrogen-bond acceptors (Lipinski definition) is 6. The third kappa shape index (κ3) is 5.12. The Morgan fingerprint density at radius 2 is 1.75 bits per heavy atom. The van der Waals surface area contributed by atoms with E-state index in [1.165, 1.54) is 24.3 Å². The Morgan fingerprint density at radius 1 is 1.08 bits per heavy atom. The van der Waals surface area contributed by atoms with Crippen LogP contribution in [0.3, 0.4) is 0 Å². The number of aliphatic hydroxyl groups excluding tert-OH is 1. The second-order valence-corrected chi connectivity index (χ2v) is 8.36. The van der Waals surface area contributed by atoms with Gasteiger partial charge in [-0.1, -0.05) is 35.3 Å². The zero-order chi connectivity index (χ0) is 26.2. The van der Waals surface area contributed by atoms with Crippen molar-refractivity contribution in [1.82, 2.24) is 29.1 Å². The van der Waals surface area contributed by atoms with Gasteiger partial charge in [0.25, 0.3) is 5.91 Å². The van der Waals surface area contributed by atoms with Crippen molar-refractivity contribution in [3.63, 3.8) is 0 Å². The fourth-order valence-corrected chi connectivity index (χ4v) is 3.65. The predicted octanol–water partition coefficient (Wildman–Crippen LogP) is 2.67. The first-order valence-corrected chi connectivity index (χ1v) is 10.9. The molecule has 0 aliphatic carbocycles. The lowest BCUT2D eigenvalue weighted by atomic mass is 10.2. The summed E-state index contributed by atoms with van der Waals surface area (Å²) in [5.74, 6) is -1.45. The Bertz CT molecular complexity index is 1480. The molecular formula is C21H16Cl2F3N7O3. The van der Waals surface area contributed by atoms with E-state index in [9.17, 15) is 27.9 Å². The highest BCUT2D eigenvalue weighted by Gasteiger charge is 2.39. The first kappa shape index (κ1) is 25.4. The number of nitrogens with zero attached hydrogens (tertiary/aromatic N) is 6. The first-order chi connectivity index (χ1) is 17.0. The lowest BCUT2D eigenvalue weighted by Gasteiger charge is -2.15. The minimum absolute atomic E-state index is 0.0884. The molecule has 0 radical (unpaired) electrons. The molecule has 2 aromatic heterocycles. The summed E-state index contributed by atoms with van der Waals surface area (Å²) < 4.78 is 41.7. The number of rotatable bonds is 7. The van der Waals surface area contributed by atoms with E-state index in [4.69, 9.17) is 28.9 Å². The summed E-state index contributed by atoms with van der Waals surface area (Å²) in [4.78, 5) is 29.0. The van der Waals surface area contributed by atoms with Crippen LogP contribution < -0.4 is 11.4 Å². The minimum Gasteiger partial charge on any atom is -0.382 e. The van der Waals surface area contributed by atoms with Crippen molar-refractivity contribution >= 4 is 29.1 Å². The second kappa shape index (κ2) is 9.76. The molecule has 36 heavy (non-hydrogen) atoms. The molecular weight excluding hydrogens is 526 g/mol. The lowest BCUT2D eigenvalue weighted by molar-refractivity contribution is -0.207. The van der Waals surface area contributed by atoms with E-state index in [0.29, 0.717) is 15.3 Å². The van der Waals surface area contributed by atoms with Crippen molar-refractivity contribution in [3.05, 3.63) is 80.7 Å². The van der Waals surface area contributed by atoms with Crippen molar-refractivity contribution in [2.24, 2.45) is 5.73 Å². The number of aliphatic hydroxyl groups is 1. The Balaban J connectivity index is 1.78. The number of alkyl halides is 3. The van der Waals surface area contributed by atoms with Gasteiger partial charge in [-0.3, -0.25) is 9.36 Å². The van der Waals surface area contributed by atoms with Gasteiger partial charge in [-0.25, -0.2) is 19.1 Å². The largest absolute Gasteiger partial charge is 0.416 e. The molecule has 0 aliphatic heterocycles. The minimum atomic E-state index is -4.97. The van der Waals surface area contributed by atoms with E-state index < -0.39 is 37.0 Å². The van der Waals surface area contributed by atoms with Gasteiger partial charge in [-0.05, 0) is 36.4 Å². The Kier molecular flexibility index (Phi) is 6.89. The predicted molar refractivity (Wildman–Crippen MR) is 123 cm³/mol. The molecule has 4 rings (SSSR count). The average Bonchev–Trinajstić information content (AvgIpc) is 3.36. The highest BCUT2D eigenvalue weighted by atomic mass is 35.5. The van der Waals surface area contributed by atoms with Gasteiger partial charge in [-0.2, -0.15) is 13.2 Å². The molecule has 188 valence electrons. The quantitative estimate of drug-likeness (QED) is 0.369. The number of aromatic nitrogens is 6. The smallest absolute Gasteiger partial charge is 0.382 e. The highest BCUT2D eigenvalue weighted by molar-refractivity contribution is 6.32. The number of nitrogens with two attached hydrogens (primary N) is 1. The average molecular weight is 542 g/mol. The van der Waals surface area contributed by atoms with Gasteiger partial charge < -0.3 is 10.8 Å². The van der Waals surface area contributed by atoms with E-state index in [1.807, 2.05) is 0 Å². The number of hydrogen-bond donors (Lipinski definition) is 2. The van der Waals surface area contributed by atoms with Gasteiger partial charge in [0, 0.05) is 10.6 Å². The maximum Gasteiger partial charge on any atom is 0.416 e. The Labute approximate surface area is 210 Å². The summed E-state index contributed by atoms with van der Waals surface area (Å²) in [6, 6.07) is 12.3. The van der Waals surface area contributed by atoms with E-state index in [-0.39, 0.29) is 28.1 Å². The number of carbonyl (C=O) groups excluding carboxylic acids is 1. The van der Waals surface area contributed by atoms with Crippen molar-refractivity contribution in [2.45, 2.75) is 25.4 Å². The molecule has 0 spiro atoms. The summed E-state index contributed by atoms with van der Waals surface area (Å²) in [6.45, 7) is -1.53. The van der Waals surface area contributed by atoms with Crippen molar-refractivity contribution in [2.75, 3.05) is 0 Å². The number of benzene rings is 2. The Morgan fingerprint density at radius 3 is 2.36 bits per heavy atom. The molecule has 2 aromatic carbocycles. The number of para-hydroxylation sites is 1. The molecule has 0 bridgehead atoms. The third-order valence-electron chi connectivity index (χ3n) is 5.00. The molecule has 10 nitrogen and oxygen atoms in total. The summed E-state index contributed by atoms with van der Waals surface area (Å²) in [5, 5.41) is 18.5. The first-order valence-electron chi connectivity index (χ1n) is 10.1. The number of amides is 1. The molecule has 1 amide bonds. The fourth-order valence-electron chi connectivity index (χ4n) is 3.30. The van der Waals surface area contributed by atoms with Crippen LogP contribution in [0, 0.1) is 0 Å². The summed E-state index contributed by atoms with van der Waals surface area (Å²) >= 11 is 12.1. The van der Waals surface area contributed by atoms with Crippen molar-refractivity contribution in [3.8, 4) is 17.1 Å².